The van der Waals surface area contributed by atoms with Crippen LogP contribution < -0.4 is 4.73 Å². The average Bonchev–Trinajstić information content (AvgIpc) is 2.36. The van der Waals surface area contributed by atoms with Gasteiger partial charge < -0.3 is 0 Å². The minimum Gasteiger partial charge on any atom is -0.285 e. The highest BCUT2D eigenvalue weighted by Gasteiger charge is 2.28. The lowest BCUT2D eigenvalue weighted by Gasteiger charge is -2.19. The molecule has 0 aliphatic carbocycles. The van der Waals surface area contributed by atoms with E-state index in [0.717, 1.165) is 18.0 Å². The Morgan fingerprint density at radius 1 is 1.00 bits per heavy atom. The number of pyridine rings is 1. The Hall–Kier alpha value is -1.30. The van der Waals surface area contributed by atoms with Gasteiger partial charge in [-0.05, 0) is 23.1 Å². The number of nitrogens with zero attached hydrogens (tertiary/aromatic N) is 1. The number of benzene rings is 1. The van der Waals surface area contributed by atoms with Crippen LogP contribution in [0, 0.1) is 0 Å². The third kappa shape index (κ3) is 3.21. The van der Waals surface area contributed by atoms with Gasteiger partial charge in [0.1, 0.15) is 14.9 Å². The maximum atomic E-state index is 12.7. The zero-order valence-electron chi connectivity index (χ0n) is 12.3. The molecule has 0 aliphatic heterocycles. The van der Waals surface area contributed by atoms with E-state index in [4.69, 9.17) is 23.2 Å². The van der Waals surface area contributed by atoms with Crippen molar-refractivity contribution in [2.75, 3.05) is 0 Å². The fraction of sp³-hybridized carbons (Fsp3) is 0.267. The van der Waals surface area contributed by atoms with E-state index in [9.17, 15) is 13.6 Å². The van der Waals surface area contributed by atoms with Crippen LogP contribution in [0.2, 0.25) is 10.0 Å². The monoisotopic (exact) mass is 360 g/mol. The molecule has 0 saturated carbocycles. The summed E-state index contributed by atoms with van der Waals surface area (Å²) in [6.07, 6.45) is 2.15. The second kappa shape index (κ2) is 5.72. The molecule has 0 bridgehead atoms. The summed E-state index contributed by atoms with van der Waals surface area (Å²) in [7, 11) is -3.87. The van der Waals surface area contributed by atoms with Gasteiger partial charge in [-0.1, -0.05) is 56.1 Å². The van der Waals surface area contributed by atoms with E-state index in [1.165, 1.54) is 12.1 Å². The molecule has 0 aliphatic rings. The van der Waals surface area contributed by atoms with E-state index in [0.29, 0.717) is 4.73 Å². The van der Waals surface area contributed by atoms with Crippen molar-refractivity contribution < 1.29 is 18.4 Å². The first-order chi connectivity index (χ1) is 10.0. The van der Waals surface area contributed by atoms with Crippen LogP contribution in [0.25, 0.3) is 0 Å². The minimum atomic E-state index is -3.87. The first-order valence-electron chi connectivity index (χ1n) is 6.48. The molecule has 2 aromatic rings. The SMILES string of the molecule is CC(C)(C)c1ccc(S(=O)(=O)c2c(Cl)c[n+](O)cc2Cl)cc1. The molecule has 7 heteroatoms. The molecule has 4 nitrogen and oxygen atoms in total. The smallest absolute Gasteiger partial charge is 0.242 e. The Labute approximate surface area is 139 Å². The van der Waals surface area contributed by atoms with Crippen molar-refractivity contribution in [3.8, 4) is 0 Å². The molecule has 22 heavy (non-hydrogen) atoms. The highest BCUT2D eigenvalue weighted by molar-refractivity contribution is 7.91. The maximum Gasteiger partial charge on any atom is 0.242 e. The van der Waals surface area contributed by atoms with E-state index >= 15 is 0 Å². The van der Waals surface area contributed by atoms with Gasteiger partial charge in [0.25, 0.3) is 0 Å². The molecule has 2 rings (SSSR count). The van der Waals surface area contributed by atoms with Crippen LogP contribution in [0.1, 0.15) is 26.3 Å². The van der Waals surface area contributed by atoms with Crippen LogP contribution in [0.5, 0.6) is 0 Å². The van der Waals surface area contributed by atoms with Crippen LogP contribution in [-0.2, 0) is 15.3 Å². The number of sulfone groups is 1. The topological polar surface area (TPSA) is 58.2 Å². The summed E-state index contributed by atoms with van der Waals surface area (Å²) in [5.41, 5.74) is 0.942. The van der Waals surface area contributed by atoms with Crippen molar-refractivity contribution in [3.05, 3.63) is 52.3 Å². The van der Waals surface area contributed by atoms with Crippen LogP contribution in [-0.4, -0.2) is 13.6 Å². The second-order valence-corrected chi connectivity index (χ2v) is 8.64. The van der Waals surface area contributed by atoms with E-state index < -0.39 is 9.84 Å². The van der Waals surface area contributed by atoms with E-state index in [-0.39, 0.29) is 25.3 Å². The maximum absolute atomic E-state index is 12.7. The lowest BCUT2D eigenvalue weighted by Crippen LogP contribution is -2.29. The Balaban J connectivity index is 2.57. The first-order valence-corrected chi connectivity index (χ1v) is 8.72. The van der Waals surface area contributed by atoms with Crippen molar-refractivity contribution in [2.24, 2.45) is 0 Å². The third-order valence-electron chi connectivity index (χ3n) is 3.22. The fourth-order valence-corrected chi connectivity index (χ4v) is 4.42. The second-order valence-electron chi connectivity index (χ2n) is 5.94. The summed E-state index contributed by atoms with van der Waals surface area (Å²) in [6, 6.07) is 6.60. The Bertz CT molecular complexity index is 787. The molecule has 1 aromatic heterocycles. The molecule has 0 radical (unpaired) electrons. The van der Waals surface area contributed by atoms with Gasteiger partial charge in [0, 0.05) is 4.73 Å². The standard InChI is InChI=1S/C15H16Cl2NO3S/c1-15(2,3)10-4-6-11(7-5-10)22(20,21)14-12(16)8-18(19)9-13(14)17/h4-9,19H,1-3H3/q+1. The van der Waals surface area contributed by atoms with Gasteiger partial charge in [0.2, 0.25) is 22.2 Å². The molecule has 0 amide bonds. The van der Waals surface area contributed by atoms with Crippen LogP contribution >= 0.6 is 23.2 Å². The molecular weight excluding hydrogens is 345 g/mol. The van der Waals surface area contributed by atoms with Gasteiger partial charge in [0.05, 0.1) is 4.90 Å². The molecule has 118 valence electrons. The zero-order valence-corrected chi connectivity index (χ0v) is 14.7. The number of halogens is 2. The normalized spacial score (nSPS) is 12.4. The van der Waals surface area contributed by atoms with Crippen molar-refractivity contribution in [2.45, 2.75) is 36.0 Å². The fourth-order valence-electron chi connectivity index (χ4n) is 2.01. The Morgan fingerprint density at radius 2 is 1.45 bits per heavy atom. The molecule has 1 heterocycles. The van der Waals surface area contributed by atoms with Crippen LogP contribution in [0.4, 0.5) is 0 Å². The lowest BCUT2D eigenvalue weighted by molar-refractivity contribution is -0.904. The molecule has 0 unspecified atom stereocenters. The molecule has 0 fully saturated rings. The van der Waals surface area contributed by atoms with E-state index in [1.54, 1.807) is 12.1 Å². The van der Waals surface area contributed by atoms with Crippen LogP contribution in [0.3, 0.4) is 0 Å². The van der Waals surface area contributed by atoms with E-state index in [1.807, 2.05) is 20.8 Å². The van der Waals surface area contributed by atoms with Gasteiger partial charge >= 0.3 is 0 Å². The van der Waals surface area contributed by atoms with E-state index in [2.05, 4.69) is 0 Å². The first kappa shape index (κ1) is 17.1. The number of rotatable bonds is 2. The predicted octanol–water partition coefficient (Wildman–Crippen LogP) is 3.65. The number of hydrogen-bond acceptors (Lipinski definition) is 3. The average molecular weight is 361 g/mol. The molecule has 1 aromatic carbocycles. The molecule has 0 spiro atoms. The zero-order chi connectivity index (χ0) is 16.7. The van der Waals surface area contributed by atoms with Gasteiger partial charge in [0.15, 0.2) is 0 Å². The van der Waals surface area contributed by atoms with Gasteiger partial charge in [-0.2, -0.15) is 0 Å². The van der Waals surface area contributed by atoms with Gasteiger partial charge in [-0.15, -0.1) is 0 Å². The number of hydrogen-bond donors (Lipinski definition) is 1. The van der Waals surface area contributed by atoms with Gasteiger partial charge in [-0.25, -0.2) is 8.42 Å². The summed E-state index contributed by atoms with van der Waals surface area (Å²) in [5.74, 6) is 0. The summed E-state index contributed by atoms with van der Waals surface area (Å²) in [5, 5.41) is 9.05. The third-order valence-corrected chi connectivity index (χ3v) is 5.89. The van der Waals surface area contributed by atoms with Gasteiger partial charge in [-0.3, -0.25) is 5.21 Å². The highest BCUT2D eigenvalue weighted by Crippen LogP contribution is 2.33. The summed E-state index contributed by atoms with van der Waals surface area (Å²) < 4.78 is 26.0. The summed E-state index contributed by atoms with van der Waals surface area (Å²) in [4.78, 5) is -0.121. The summed E-state index contributed by atoms with van der Waals surface area (Å²) >= 11 is 11.9. The lowest BCUT2D eigenvalue weighted by atomic mass is 9.87. The quantitative estimate of drug-likeness (QED) is 0.656. The van der Waals surface area contributed by atoms with Crippen molar-refractivity contribution in [1.29, 1.82) is 0 Å². The molecule has 0 atom stereocenters. The predicted molar refractivity (Wildman–Crippen MR) is 84.4 cm³/mol. The Morgan fingerprint density at radius 3 is 1.86 bits per heavy atom. The Kier molecular flexibility index (Phi) is 4.44. The minimum absolute atomic E-state index is 0.0766. The molecule has 0 saturated heterocycles. The van der Waals surface area contributed by atoms with Crippen LogP contribution in [0.15, 0.2) is 46.5 Å². The highest BCUT2D eigenvalue weighted by atomic mass is 35.5. The molecule has 1 N–H and O–H groups in total. The summed E-state index contributed by atoms with van der Waals surface area (Å²) in [6.45, 7) is 6.13. The van der Waals surface area contributed by atoms with Crippen molar-refractivity contribution in [3.63, 3.8) is 0 Å². The molecular formula is C15H16Cl2NO3S+. The largest absolute Gasteiger partial charge is 0.285 e. The number of aromatic nitrogens is 1. The van der Waals surface area contributed by atoms with Crippen molar-refractivity contribution in [1.82, 2.24) is 0 Å². The van der Waals surface area contributed by atoms with Crippen molar-refractivity contribution >= 4 is 33.0 Å².